The van der Waals surface area contributed by atoms with Crippen LogP contribution in [-0.2, 0) is 9.84 Å². The molecule has 0 bridgehead atoms. The topological polar surface area (TPSA) is 83.9 Å². The second-order valence-electron chi connectivity index (χ2n) is 7.01. The van der Waals surface area contributed by atoms with Crippen LogP contribution in [-0.4, -0.2) is 38.8 Å². The number of carbonyl (C=O) groups is 1. The zero-order valence-electron chi connectivity index (χ0n) is 17.2. The van der Waals surface area contributed by atoms with E-state index in [0.29, 0.717) is 24.5 Å². The van der Waals surface area contributed by atoms with Crippen LogP contribution >= 0.6 is 0 Å². The molecule has 0 radical (unpaired) electrons. The van der Waals surface area contributed by atoms with Crippen molar-refractivity contribution in [3.05, 3.63) is 48.0 Å². The lowest BCUT2D eigenvalue weighted by Crippen LogP contribution is -2.27. The summed E-state index contributed by atoms with van der Waals surface area (Å²) >= 11 is 0. The Morgan fingerprint density at radius 2 is 1.62 bits per heavy atom. The summed E-state index contributed by atoms with van der Waals surface area (Å²) in [4.78, 5) is 13.6. The van der Waals surface area contributed by atoms with Crippen molar-refractivity contribution in [2.24, 2.45) is 0 Å². The summed E-state index contributed by atoms with van der Waals surface area (Å²) in [6.45, 7) is 5.53. The molecule has 0 aliphatic rings. The molecule has 29 heavy (non-hydrogen) atoms. The van der Waals surface area contributed by atoms with Crippen molar-refractivity contribution in [3.63, 3.8) is 0 Å². The molecule has 6 nitrogen and oxygen atoms in total. The van der Waals surface area contributed by atoms with Crippen molar-refractivity contribution in [2.75, 3.05) is 24.2 Å². The third-order valence-corrected chi connectivity index (χ3v) is 5.65. The molecule has 0 heterocycles. The van der Waals surface area contributed by atoms with Gasteiger partial charge in [-0.3, -0.25) is 0 Å². The summed E-state index contributed by atoms with van der Waals surface area (Å²) in [6, 6.07) is 11.6. The number of nitrogens with zero attached hydrogens (tertiary/aromatic N) is 1. The Balaban J connectivity index is 2.71. The van der Waals surface area contributed by atoms with E-state index >= 15 is 0 Å². The van der Waals surface area contributed by atoms with Crippen LogP contribution in [0.1, 0.15) is 49.9 Å². The average molecular weight is 420 g/mol. The van der Waals surface area contributed by atoms with Gasteiger partial charge in [0.25, 0.3) is 0 Å². The van der Waals surface area contributed by atoms with Crippen LogP contribution < -0.4 is 9.64 Å². The monoisotopic (exact) mass is 419 g/mol. The van der Waals surface area contributed by atoms with Crippen molar-refractivity contribution >= 4 is 21.5 Å². The van der Waals surface area contributed by atoms with Gasteiger partial charge in [-0.2, -0.15) is 0 Å². The van der Waals surface area contributed by atoms with Gasteiger partial charge < -0.3 is 14.7 Å². The molecule has 0 atom stereocenters. The van der Waals surface area contributed by atoms with Gasteiger partial charge in [0.05, 0.1) is 11.3 Å². The number of ether oxygens (including phenoxy) is 1. The molecule has 2 aromatic rings. The van der Waals surface area contributed by atoms with Crippen LogP contribution in [0.4, 0.5) is 5.69 Å². The first-order chi connectivity index (χ1) is 13.8. The van der Waals surface area contributed by atoms with E-state index in [9.17, 15) is 18.3 Å². The maximum Gasteiger partial charge on any atom is 0.335 e. The number of carboxylic acids is 1. The van der Waals surface area contributed by atoms with Gasteiger partial charge in [0.1, 0.15) is 10.6 Å². The zero-order chi connectivity index (χ0) is 21.4. The minimum Gasteiger partial charge on any atom is -0.478 e. The standard InChI is InChI=1S/C22H29NO5S/c1-4-6-13-23(14-7-5-2)19-15-17(22(24)25)16-20(29(3,26)27)21(19)28-18-11-9-8-10-12-18/h8-12,15-16H,4-7,13-14H2,1-3H3,(H,24,25). The number of anilines is 1. The minimum atomic E-state index is -3.72. The number of unbranched alkanes of at least 4 members (excludes halogenated alkanes) is 2. The molecule has 2 rings (SSSR count). The maximum atomic E-state index is 12.5. The molecule has 0 unspecified atom stereocenters. The van der Waals surface area contributed by atoms with Gasteiger partial charge in [0.15, 0.2) is 15.6 Å². The summed E-state index contributed by atoms with van der Waals surface area (Å²) in [6.07, 6.45) is 4.81. The Hall–Kier alpha value is -2.54. The van der Waals surface area contributed by atoms with Crippen molar-refractivity contribution in [1.82, 2.24) is 0 Å². The van der Waals surface area contributed by atoms with E-state index in [1.807, 2.05) is 11.0 Å². The van der Waals surface area contributed by atoms with Crippen LogP contribution in [0.15, 0.2) is 47.4 Å². The van der Waals surface area contributed by atoms with Gasteiger partial charge in [0.2, 0.25) is 0 Å². The lowest BCUT2D eigenvalue weighted by atomic mass is 10.1. The van der Waals surface area contributed by atoms with Crippen molar-refractivity contribution in [1.29, 1.82) is 0 Å². The summed E-state index contributed by atoms with van der Waals surface area (Å²) in [7, 11) is -3.72. The van der Waals surface area contributed by atoms with E-state index in [4.69, 9.17) is 4.74 Å². The number of hydrogen-bond donors (Lipinski definition) is 1. The molecule has 1 N–H and O–H groups in total. The Kier molecular flexibility index (Phi) is 8.08. The van der Waals surface area contributed by atoms with E-state index in [-0.39, 0.29) is 16.2 Å². The third kappa shape index (κ3) is 6.22. The SMILES string of the molecule is CCCCN(CCCC)c1cc(C(=O)O)cc(S(C)(=O)=O)c1Oc1ccccc1. The lowest BCUT2D eigenvalue weighted by molar-refractivity contribution is 0.0696. The minimum absolute atomic E-state index is 0.0705. The second-order valence-corrected chi connectivity index (χ2v) is 8.99. The van der Waals surface area contributed by atoms with Crippen LogP contribution in [0.3, 0.4) is 0 Å². The molecule has 0 aliphatic carbocycles. The highest BCUT2D eigenvalue weighted by atomic mass is 32.2. The van der Waals surface area contributed by atoms with Gasteiger partial charge in [-0.25, -0.2) is 13.2 Å². The molecular formula is C22H29NO5S. The summed E-state index contributed by atoms with van der Waals surface area (Å²) in [5.74, 6) is -0.503. The third-order valence-electron chi connectivity index (χ3n) is 4.55. The Bertz CT molecular complexity index is 918. The molecule has 0 fully saturated rings. The molecule has 0 spiro atoms. The van der Waals surface area contributed by atoms with E-state index in [1.165, 1.54) is 12.1 Å². The quantitative estimate of drug-likeness (QED) is 0.552. The van der Waals surface area contributed by atoms with Crippen molar-refractivity contribution < 1.29 is 23.1 Å². The molecule has 2 aromatic carbocycles. The number of sulfone groups is 1. The molecule has 7 heteroatoms. The van der Waals surface area contributed by atoms with Gasteiger partial charge >= 0.3 is 5.97 Å². The van der Waals surface area contributed by atoms with Gasteiger partial charge in [0, 0.05) is 19.3 Å². The number of carboxylic acid groups (broad SMARTS) is 1. The molecule has 0 amide bonds. The molecule has 0 aliphatic heterocycles. The number of benzene rings is 2. The number of para-hydroxylation sites is 1. The highest BCUT2D eigenvalue weighted by Crippen LogP contribution is 2.40. The fourth-order valence-corrected chi connectivity index (χ4v) is 3.80. The van der Waals surface area contributed by atoms with Gasteiger partial charge in [-0.15, -0.1) is 0 Å². The smallest absolute Gasteiger partial charge is 0.335 e. The van der Waals surface area contributed by atoms with E-state index in [0.717, 1.165) is 31.9 Å². The molecule has 0 aromatic heterocycles. The van der Waals surface area contributed by atoms with Gasteiger partial charge in [-0.05, 0) is 37.1 Å². The fourth-order valence-electron chi connectivity index (χ4n) is 2.98. The molecular weight excluding hydrogens is 390 g/mol. The Morgan fingerprint density at radius 1 is 1.03 bits per heavy atom. The Morgan fingerprint density at radius 3 is 2.10 bits per heavy atom. The Labute approximate surface area is 173 Å². The van der Waals surface area contributed by atoms with E-state index in [2.05, 4.69) is 13.8 Å². The first-order valence-corrected chi connectivity index (χ1v) is 11.8. The fraction of sp³-hybridized carbons (Fsp3) is 0.409. The highest BCUT2D eigenvalue weighted by molar-refractivity contribution is 7.90. The number of rotatable bonds is 11. The largest absolute Gasteiger partial charge is 0.478 e. The molecule has 0 saturated heterocycles. The van der Waals surface area contributed by atoms with Crippen LogP contribution in [0.2, 0.25) is 0 Å². The van der Waals surface area contributed by atoms with Crippen LogP contribution in [0, 0.1) is 0 Å². The van der Waals surface area contributed by atoms with E-state index < -0.39 is 15.8 Å². The summed E-state index contributed by atoms with van der Waals surface area (Å²) in [5, 5.41) is 9.56. The average Bonchev–Trinajstić information content (AvgIpc) is 2.68. The van der Waals surface area contributed by atoms with Crippen molar-refractivity contribution in [3.8, 4) is 11.5 Å². The zero-order valence-corrected chi connectivity index (χ0v) is 18.0. The lowest BCUT2D eigenvalue weighted by Gasteiger charge is -2.28. The number of hydrogen-bond acceptors (Lipinski definition) is 5. The summed E-state index contributed by atoms with van der Waals surface area (Å²) in [5.41, 5.74) is 0.426. The first kappa shape index (κ1) is 22.7. The predicted octanol–water partition coefficient (Wildman–Crippen LogP) is 4.99. The normalized spacial score (nSPS) is 11.3. The maximum absolute atomic E-state index is 12.5. The molecule has 158 valence electrons. The van der Waals surface area contributed by atoms with E-state index in [1.54, 1.807) is 24.3 Å². The van der Waals surface area contributed by atoms with Gasteiger partial charge in [-0.1, -0.05) is 44.9 Å². The summed E-state index contributed by atoms with van der Waals surface area (Å²) < 4.78 is 31.1. The number of aromatic carboxylic acids is 1. The first-order valence-electron chi connectivity index (χ1n) is 9.87. The predicted molar refractivity (Wildman–Crippen MR) is 115 cm³/mol. The van der Waals surface area contributed by atoms with Crippen LogP contribution in [0.5, 0.6) is 11.5 Å². The molecule has 0 saturated carbocycles. The second kappa shape index (κ2) is 10.3. The highest BCUT2D eigenvalue weighted by Gasteiger charge is 2.25. The van der Waals surface area contributed by atoms with Crippen molar-refractivity contribution in [2.45, 2.75) is 44.4 Å². The van der Waals surface area contributed by atoms with Crippen LogP contribution in [0.25, 0.3) is 0 Å².